The number of rotatable bonds is 3. The van der Waals surface area contributed by atoms with Crippen LogP contribution in [0.1, 0.15) is 27.6 Å². The maximum atomic E-state index is 11.9. The molecule has 20 heavy (non-hydrogen) atoms. The number of hydrogen-bond donors (Lipinski definition) is 2. The van der Waals surface area contributed by atoms with Gasteiger partial charge in [-0.25, -0.2) is 9.59 Å². The van der Waals surface area contributed by atoms with Crippen LogP contribution in [0.15, 0.2) is 24.3 Å². The number of hydroxylamine groups is 2. The lowest BCUT2D eigenvalue weighted by atomic mass is 10.1. The number of primary amides is 1. The first kappa shape index (κ1) is 13.5. The molecule has 1 aliphatic heterocycles. The van der Waals surface area contributed by atoms with Crippen molar-refractivity contribution in [1.29, 1.82) is 0 Å². The van der Waals surface area contributed by atoms with Crippen LogP contribution in [-0.4, -0.2) is 34.9 Å². The van der Waals surface area contributed by atoms with Crippen LogP contribution in [0.2, 0.25) is 0 Å². The van der Waals surface area contributed by atoms with Gasteiger partial charge in [0.05, 0.1) is 11.1 Å². The molecule has 0 aliphatic carbocycles. The summed E-state index contributed by atoms with van der Waals surface area (Å²) in [6.07, 6.45) is 0. The number of carbonyl (C=O) groups excluding carboxylic acids is 4. The normalized spacial score (nSPS) is 14.8. The van der Waals surface area contributed by atoms with Gasteiger partial charge in [-0.2, -0.15) is 0 Å². The summed E-state index contributed by atoms with van der Waals surface area (Å²) in [5, 5.41) is 2.45. The molecule has 104 valence electrons. The molecular weight excluding hydrogens is 266 g/mol. The van der Waals surface area contributed by atoms with Gasteiger partial charge in [-0.3, -0.25) is 9.59 Å². The van der Waals surface area contributed by atoms with Gasteiger partial charge in [0.2, 0.25) is 0 Å². The fourth-order valence-corrected chi connectivity index (χ4v) is 1.69. The fourth-order valence-electron chi connectivity index (χ4n) is 1.69. The smallest absolute Gasteiger partial charge is 0.352 e. The number of imide groups is 1. The number of hydrogen-bond acceptors (Lipinski definition) is 5. The second kappa shape index (κ2) is 5.00. The number of nitrogens with one attached hydrogen (secondary N) is 1. The Morgan fingerprint density at radius 1 is 1.20 bits per heavy atom. The minimum Gasteiger partial charge on any atom is -0.352 e. The molecule has 1 atom stereocenters. The van der Waals surface area contributed by atoms with E-state index in [-0.39, 0.29) is 11.1 Å². The fraction of sp³-hybridized carbons (Fsp3) is 0.167. The summed E-state index contributed by atoms with van der Waals surface area (Å²) in [5.41, 5.74) is 5.16. The lowest BCUT2D eigenvalue weighted by molar-refractivity contribution is -0.170. The Labute approximate surface area is 113 Å². The molecule has 1 aromatic carbocycles. The van der Waals surface area contributed by atoms with Crippen molar-refractivity contribution < 1.29 is 24.0 Å². The molecule has 2 rings (SSSR count). The highest BCUT2D eigenvalue weighted by Gasteiger charge is 2.39. The van der Waals surface area contributed by atoms with Crippen LogP contribution in [0, 0.1) is 0 Å². The second-order valence-electron chi connectivity index (χ2n) is 4.09. The lowest BCUT2D eigenvalue weighted by Gasteiger charge is -2.16. The highest BCUT2D eigenvalue weighted by molar-refractivity contribution is 6.20. The van der Waals surface area contributed by atoms with E-state index >= 15 is 0 Å². The van der Waals surface area contributed by atoms with Gasteiger partial charge in [-0.1, -0.05) is 17.2 Å². The van der Waals surface area contributed by atoms with E-state index in [0.29, 0.717) is 5.06 Å². The van der Waals surface area contributed by atoms with Crippen LogP contribution >= 0.6 is 0 Å². The molecule has 0 spiro atoms. The third kappa shape index (κ3) is 2.30. The number of benzene rings is 1. The third-order valence-corrected chi connectivity index (χ3v) is 2.65. The molecule has 0 radical (unpaired) electrons. The topological polar surface area (TPSA) is 119 Å². The van der Waals surface area contributed by atoms with E-state index in [2.05, 4.69) is 5.32 Å². The molecule has 0 bridgehead atoms. The van der Waals surface area contributed by atoms with Gasteiger partial charge >= 0.3 is 12.0 Å². The van der Waals surface area contributed by atoms with Crippen LogP contribution in [0.25, 0.3) is 0 Å². The zero-order chi connectivity index (χ0) is 14.9. The molecule has 8 nitrogen and oxygen atoms in total. The van der Waals surface area contributed by atoms with Gasteiger partial charge in [0.25, 0.3) is 11.8 Å². The van der Waals surface area contributed by atoms with Crippen molar-refractivity contribution in [2.75, 3.05) is 0 Å². The van der Waals surface area contributed by atoms with Crippen LogP contribution in [0.3, 0.4) is 0 Å². The van der Waals surface area contributed by atoms with Gasteiger partial charge in [0.15, 0.2) is 0 Å². The van der Waals surface area contributed by atoms with Crippen molar-refractivity contribution in [2.45, 2.75) is 13.0 Å². The quantitative estimate of drug-likeness (QED) is 0.741. The predicted octanol–water partition coefficient (Wildman–Crippen LogP) is -0.202. The highest BCUT2D eigenvalue weighted by atomic mass is 16.7. The van der Waals surface area contributed by atoms with Gasteiger partial charge in [0.1, 0.15) is 6.04 Å². The summed E-state index contributed by atoms with van der Waals surface area (Å²) in [6, 6.07) is 4.08. The number of nitrogens with zero attached hydrogens (tertiary/aromatic N) is 1. The minimum absolute atomic E-state index is 0.154. The first-order valence-corrected chi connectivity index (χ1v) is 5.67. The van der Waals surface area contributed by atoms with E-state index < -0.39 is 29.9 Å². The van der Waals surface area contributed by atoms with Crippen molar-refractivity contribution in [1.82, 2.24) is 10.4 Å². The molecule has 1 aromatic rings. The van der Waals surface area contributed by atoms with Crippen molar-refractivity contribution in [3.8, 4) is 0 Å². The molecule has 0 saturated carbocycles. The molecule has 0 saturated heterocycles. The van der Waals surface area contributed by atoms with E-state index in [1.54, 1.807) is 12.1 Å². The van der Waals surface area contributed by atoms with Crippen molar-refractivity contribution in [3.63, 3.8) is 0 Å². The minimum atomic E-state index is -1.09. The molecule has 4 amide bonds. The number of urea groups is 1. The van der Waals surface area contributed by atoms with Gasteiger partial charge < -0.3 is 15.9 Å². The summed E-state index contributed by atoms with van der Waals surface area (Å²) < 4.78 is 0. The average molecular weight is 277 g/mol. The first-order chi connectivity index (χ1) is 9.41. The van der Waals surface area contributed by atoms with E-state index in [9.17, 15) is 19.2 Å². The Balaban J connectivity index is 2.13. The van der Waals surface area contributed by atoms with Gasteiger partial charge in [0, 0.05) is 0 Å². The summed E-state index contributed by atoms with van der Waals surface area (Å²) in [6.45, 7) is 1.31. The highest BCUT2D eigenvalue weighted by Crippen LogP contribution is 2.22. The molecule has 0 aromatic heterocycles. The summed E-state index contributed by atoms with van der Waals surface area (Å²) in [5.74, 6) is -2.44. The van der Waals surface area contributed by atoms with E-state index in [1.165, 1.54) is 19.1 Å². The van der Waals surface area contributed by atoms with Gasteiger partial charge in [-0.15, -0.1) is 0 Å². The van der Waals surface area contributed by atoms with Crippen LogP contribution < -0.4 is 11.1 Å². The maximum absolute atomic E-state index is 11.9. The van der Waals surface area contributed by atoms with Crippen molar-refractivity contribution in [3.05, 3.63) is 35.4 Å². The molecule has 1 unspecified atom stereocenters. The Kier molecular flexibility index (Phi) is 3.38. The molecule has 3 N–H and O–H groups in total. The van der Waals surface area contributed by atoms with E-state index in [0.717, 1.165) is 0 Å². The number of nitrogens with two attached hydrogens (primary N) is 1. The Morgan fingerprint density at radius 3 is 2.15 bits per heavy atom. The molecular formula is C12H11N3O5. The van der Waals surface area contributed by atoms with Gasteiger partial charge in [-0.05, 0) is 19.1 Å². The summed E-state index contributed by atoms with van der Waals surface area (Å²) >= 11 is 0. The number of carbonyl (C=O) groups is 4. The van der Waals surface area contributed by atoms with Crippen molar-refractivity contribution >= 4 is 23.8 Å². The standard InChI is InChI=1S/C12H11N3O5/c1-6(14-12(13)19)11(18)20-15-9(16)7-4-2-3-5-8(7)10(15)17/h2-6H,1H3,(H3,13,14,19). The molecule has 1 heterocycles. The monoisotopic (exact) mass is 277 g/mol. The second-order valence-corrected chi connectivity index (χ2v) is 4.09. The average Bonchev–Trinajstić information content (AvgIpc) is 2.64. The van der Waals surface area contributed by atoms with E-state index in [4.69, 9.17) is 10.6 Å². The predicted molar refractivity (Wildman–Crippen MR) is 65.2 cm³/mol. The summed E-state index contributed by atoms with van der Waals surface area (Å²) in [4.78, 5) is 50.8. The molecule has 8 heteroatoms. The molecule has 0 fully saturated rings. The zero-order valence-electron chi connectivity index (χ0n) is 10.5. The number of fused-ring (bicyclic) bond motifs is 1. The van der Waals surface area contributed by atoms with Crippen molar-refractivity contribution in [2.24, 2.45) is 5.73 Å². The van der Waals surface area contributed by atoms with Crippen LogP contribution in [0.5, 0.6) is 0 Å². The molecule has 1 aliphatic rings. The Hall–Kier alpha value is -2.90. The SMILES string of the molecule is CC(NC(N)=O)C(=O)ON1C(=O)c2ccccc2C1=O. The summed E-state index contributed by atoms with van der Waals surface area (Å²) in [7, 11) is 0. The maximum Gasteiger partial charge on any atom is 0.355 e. The lowest BCUT2D eigenvalue weighted by Crippen LogP contribution is -2.45. The first-order valence-electron chi connectivity index (χ1n) is 5.67. The van der Waals surface area contributed by atoms with Crippen LogP contribution in [-0.2, 0) is 9.63 Å². The largest absolute Gasteiger partial charge is 0.355 e. The van der Waals surface area contributed by atoms with Crippen LogP contribution in [0.4, 0.5) is 4.79 Å². The third-order valence-electron chi connectivity index (χ3n) is 2.65. The number of amides is 4. The van der Waals surface area contributed by atoms with E-state index in [1.807, 2.05) is 0 Å². The Morgan fingerprint density at radius 2 is 1.70 bits per heavy atom. The zero-order valence-corrected chi connectivity index (χ0v) is 10.5. The Bertz CT molecular complexity index is 578.